The maximum Gasteiger partial charge on any atom is 0.407 e. The molecule has 2 unspecified atom stereocenters. The van der Waals surface area contributed by atoms with Crippen molar-refractivity contribution in [2.24, 2.45) is 5.92 Å². The van der Waals surface area contributed by atoms with Gasteiger partial charge in [-0.3, -0.25) is 4.90 Å². The second kappa shape index (κ2) is 7.43. The van der Waals surface area contributed by atoms with E-state index in [4.69, 9.17) is 4.74 Å². The topological polar surface area (TPSA) is 61.8 Å². The summed E-state index contributed by atoms with van der Waals surface area (Å²) in [5, 5.41) is 12.7. The van der Waals surface area contributed by atoms with Gasteiger partial charge in [-0.25, -0.2) is 4.79 Å². The van der Waals surface area contributed by atoms with Gasteiger partial charge in [-0.2, -0.15) is 0 Å². The van der Waals surface area contributed by atoms with Crippen LogP contribution in [0.5, 0.6) is 0 Å². The van der Waals surface area contributed by atoms with E-state index in [2.05, 4.69) is 24.1 Å². The summed E-state index contributed by atoms with van der Waals surface area (Å²) in [6, 6.07) is 9.28. The smallest absolute Gasteiger partial charge is 0.407 e. The summed E-state index contributed by atoms with van der Waals surface area (Å²) in [6.45, 7) is 6.71. The lowest BCUT2D eigenvalue weighted by Gasteiger charge is -2.18. The molecule has 0 saturated carbocycles. The highest BCUT2D eigenvalue weighted by Gasteiger charge is 2.32. The molecule has 1 aromatic rings. The first kappa shape index (κ1) is 15.8. The number of amides is 1. The highest BCUT2D eigenvalue weighted by atomic mass is 16.5. The Hall–Kier alpha value is -1.59. The number of aliphatic hydroxyl groups is 1. The van der Waals surface area contributed by atoms with Crippen LogP contribution in [0.25, 0.3) is 0 Å². The number of carbonyl (C=O) groups excluding carboxylic acids is 1. The molecule has 116 valence electrons. The van der Waals surface area contributed by atoms with Gasteiger partial charge in [0.05, 0.1) is 12.1 Å². The molecular formula is C16H24N2O3. The zero-order valence-electron chi connectivity index (χ0n) is 12.7. The molecule has 0 spiro atoms. The van der Waals surface area contributed by atoms with Crippen LogP contribution in [0.1, 0.15) is 19.4 Å². The molecule has 1 saturated heterocycles. The Labute approximate surface area is 125 Å². The van der Waals surface area contributed by atoms with Crippen LogP contribution in [0.4, 0.5) is 4.79 Å². The van der Waals surface area contributed by atoms with Crippen molar-refractivity contribution in [1.29, 1.82) is 0 Å². The molecule has 1 heterocycles. The van der Waals surface area contributed by atoms with E-state index in [1.165, 1.54) is 0 Å². The summed E-state index contributed by atoms with van der Waals surface area (Å²) >= 11 is 0. The first-order valence-electron chi connectivity index (χ1n) is 7.42. The van der Waals surface area contributed by atoms with Gasteiger partial charge in [0.2, 0.25) is 0 Å². The Kier molecular flexibility index (Phi) is 5.59. The fourth-order valence-corrected chi connectivity index (χ4v) is 2.59. The minimum absolute atomic E-state index is 0.241. The molecular weight excluding hydrogens is 268 g/mol. The average Bonchev–Trinajstić information content (AvgIpc) is 2.76. The van der Waals surface area contributed by atoms with Crippen molar-refractivity contribution in [3.05, 3.63) is 35.9 Å². The van der Waals surface area contributed by atoms with Gasteiger partial charge in [-0.1, -0.05) is 44.2 Å². The van der Waals surface area contributed by atoms with Crippen molar-refractivity contribution in [1.82, 2.24) is 10.2 Å². The van der Waals surface area contributed by atoms with E-state index in [0.29, 0.717) is 19.0 Å². The monoisotopic (exact) mass is 292 g/mol. The first-order chi connectivity index (χ1) is 10.0. The third kappa shape index (κ3) is 5.02. The first-order valence-corrected chi connectivity index (χ1v) is 7.42. The Bertz CT molecular complexity index is 450. The Morgan fingerprint density at radius 1 is 1.38 bits per heavy atom. The highest BCUT2D eigenvalue weighted by molar-refractivity contribution is 5.67. The molecule has 1 aromatic carbocycles. The number of hydrogen-bond acceptors (Lipinski definition) is 4. The van der Waals surface area contributed by atoms with Crippen LogP contribution in [-0.2, 0) is 11.3 Å². The predicted octanol–water partition coefficient (Wildman–Crippen LogP) is 1.61. The highest BCUT2D eigenvalue weighted by Crippen LogP contribution is 2.12. The summed E-state index contributed by atoms with van der Waals surface area (Å²) in [7, 11) is 0. The summed E-state index contributed by atoms with van der Waals surface area (Å²) in [5.41, 5.74) is 0.945. The standard InChI is InChI=1S/C16H24N2O3/c1-12(2)8-18-9-14(15(19)10-18)17-16(20)21-11-13-6-4-3-5-7-13/h3-7,12,14-15,19H,8-11H2,1-2H3,(H,17,20). The third-order valence-electron chi connectivity index (χ3n) is 3.50. The van der Waals surface area contributed by atoms with Crippen molar-refractivity contribution >= 4 is 6.09 Å². The van der Waals surface area contributed by atoms with Crippen LogP contribution in [-0.4, -0.2) is 47.9 Å². The van der Waals surface area contributed by atoms with Crippen LogP contribution in [0, 0.1) is 5.92 Å². The zero-order valence-corrected chi connectivity index (χ0v) is 12.7. The Morgan fingerprint density at radius 2 is 2.10 bits per heavy atom. The molecule has 2 rings (SSSR count). The van der Waals surface area contributed by atoms with E-state index in [-0.39, 0.29) is 12.6 Å². The summed E-state index contributed by atoms with van der Waals surface area (Å²) in [4.78, 5) is 13.9. The van der Waals surface area contributed by atoms with E-state index in [1.807, 2.05) is 30.3 Å². The van der Waals surface area contributed by atoms with Gasteiger partial charge in [-0.15, -0.1) is 0 Å². The summed E-state index contributed by atoms with van der Waals surface area (Å²) < 4.78 is 5.17. The number of nitrogens with zero attached hydrogens (tertiary/aromatic N) is 1. The number of carbonyl (C=O) groups is 1. The predicted molar refractivity (Wildman–Crippen MR) is 80.8 cm³/mol. The quantitative estimate of drug-likeness (QED) is 0.865. The van der Waals surface area contributed by atoms with Crippen LogP contribution < -0.4 is 5.32 Å². The van der Waals surface area contributed by atoms with Crippen molar-refractivity contribution in [2.45, 2.75) is 32.6 Å². The van der Waals surface area contributed by atoms with E-state index >= 15 is 0 Å². The van der Waals surface area contributed by atoms with E-state index in [1.54, 1.807) is 0 Å². The number of nitrogens with one attached hydrogen (secondary N) is 1. The van der Waals surface area contributed by atoms with Crippen molar-refractivity contribution in [2.75, 3.05) is 19.6 Å². The number of rotatable bonds is 5. The molecule has 0 aliphatic carbocycles. The molecule has 1 aliphatic heterocycles. The second-order valence-corrected chi connectivity index (χ2v) is 5.99. The van der Waals surface area contributed by atoms with Gasteiger partial charge in [0.1, 0.15) is 6.61 Å². The fourth-order valence-electron chi connectivity index (χ4n) is 2.59. The molecule has 1 aliphatic rings. The summed E-state index contributed by atoms with van der Waals surface area (Å²) in [5.74, 6) is 0.543. The van der Waals surface area contributed by atoms with Crippen molar-refractivity contribution < 1.29 is 14.6 Å². The molecule has 21 heavy (non-hydrogen) atoms. The van der Waals surface area contributed by atoms with E-state index in [0.717, 1.165) is 12.1 Å². The minimum atomic E-state index is -0.534. The SMILES string of the molecule is CC(C)CN1CC(O)C(NC(=O)OCc2ccccc2)C1. The molecule has 1 amide bonds. The minimum Gasteiger partial charge on any atom is -0.445 e. The largest absolute Gasteiger partial charge is 0.445 e. The lowest BCUT2D eigenvalue weighted by molar-refractivity contribution is 0.117. The number of ether oxygens (including phenoxy) is 1. The molecule has 0 bridgehead atoms. The third-order valence-corrected chi connectivity index (χ3v) is 3.50. The summed E-state index contributed by atoms with van der Waals surface area (Å²) in [6.07, 6.45) is -1.01. The molecule has 5 heteroatoms. The molecule has 0 aromatic heterocycles. The Morgan fingerprint density at radius 3 is 2.76 bits per heavy atom. The second-order valence-electron chi connectivity index (χ2n) is 5.99. The van der Waals surface area contributed by atoms with Gasteiger partial charge >= 0.3 is 6.09 Å². The van der Waals surface area contributed by atoms with Gasteiger partial charge in [0.15, 0.2) is 0 Å². The fraction of sp³-hybridized carbons (Fsp3) is 0.562. The van der Waals surface area contributed by atoms with Gasteiger partial charge < -0.3 is 15.2 Å². The number of hydrogen-bond donors (Lipinski definition) is 2. The van der Waals surface area contributed by atoms with Gasteiger partial charge in [-0.05, 0) is 11.5 Å². The van der Waals surface area contributed by atoms with Crippen LogP contribution in [0.15, 0.2) is 30.3 Å². The normalized spacial score (nSPS) is 22.5. The number of alkyl carbamates (subject to hydrolysis) is 1. The zero-order chi connectivity index (χ0) is 15.2. The lowest BCUT2D eigenvalue weighted by atomic mass is 10.2. The van der Waals surface area contributed by atoms with E-state index in [9.17, 15) is 9.90 Å². The molecule has 0 radical (unpaired) electrons. The number of β-amino-alcohol motifs (C(OH)–C–C–N with tert-alkyl or cyclic N) is 1. The van der Waals surface area contributed by atoms with Crippen LogP contribution in [0.3, 0.4) is 0 Å². The number of likely N-dealkylation sites (tertiary alicyclic amines) is 1. The lowest BCUT2D eigenvalue weighted by Crippen LogP contribution is -2.43. The average molecular weight is 292 g/mol. The Balaban J connectivity index is 1.75. The van der Waals surface area contributed by atoms with Gasteiger partial charge in [0, 0.05) is 19.6 Å². The number of aliphatic hydroxyl groups excluding tert-OH is 1. The molecule has 5 nitrogen and oxygen atoms in total. The van der Waals surface area contributed by atoms with Crippen molar-refractivity contribution in [3.8, 4) is 0 Å². The molecule has 2 N–H and O–H groups in total. The maximum atomic E-state index is 11.8. The maximum absolute atomic E-state index is 11.8. The van der Waals surface area contributed by atoms with Crippen molar-refractivity contribution in [3.63, 3.8) is 0 Å². The molecule has 2 atom stereocenters. The van der Waals surface area contributed by atoms with Crippen LogP contribution >= 0.6 is 0 Å². The van der Waals surface area contributed by atoms with Gasteiger partial charge in [0.25, 0.3) is 0 Å². The molecule has 1 fully saturated rings. The van der Waals surface area contributed by atoms with Crippen LogP contribution in [0.2, 0.25) is 0 Å². The van der Waals surface area contributed by atoms with E-state index < -0.39 is 12.2 Å². The number of benzene rings is 1.